The summed E-state index contributed by atoms with van der Waals surface area (Å²) >= 11 is 0. The van der Waals surface area contributed by atoms with Crippen molar-refractivity contribution in [2.45, 2.75) is 30.7 Å². The minimum Gasteiger partial charge on any atom is -0.250 e. The number of benzene rings is 6. The average Bonchev–Trinajstić information content (AvgIpc) is 3.09. The maximum absolute atomic E-state index is 15.2. The van der Waals surface area contributed by atoms with Crippen LogP contribution in [-0.2, 0) is 10.8 Å². The molecule has 2 atom stereocenters. The smallest absolute Gasteiger partial charge is 0.164 e. The molecule has 0 fully saturated rings. The second kappa shape index (κ2) is 14.2. The van der Waals surface area contributed by atoms with E-state index in [1.165, 1.54) is 37.4 Å². The quantitative estimate of drug-likeness (QED) is 0.139. The van der Waals surface area contributed by atoms with Crippen LogP contribution in [0.25, 0.3) is 0 Å². The van der Waals surface area contributed by atoms with Gasteiger partial charge in [0.2, 0.25) is 0 Å². The van der Waals surface area contributed by atoms with Crippen LogP contribution in [0.4, 0.5) is 0 Å². The third-order valence-electron chi connectivity index (χ3n) is 8.28. The van der Waals surface area contributed by atoms with Crippen LogP contribution in [0.1, 0.15) is 19.4 Å². The van der Waals surface area contributed by atoms with Gasteiger partial charge in [0, 0.05) is 16.1 Å². The third-order valence-corrected chi connectivity index (χ3v) is 18.9. The van der Waals surface area contributed by atoms with Gasteiger partial charge in [-0.15, -0.1) is 0 Å². The summed E-state index contributed by atoms with van der Waals surface area (Å²) in [5.74, 6) is 0.133. The molecule has 6 rings (SSSR count). The minimum absolute atomic E-state index is 0.133. The van der Waals surface area contributed by atoms with E-state index in [4.69, 9.17) is 0 Å². The topological polar surface area (TPSA) is 17.1 Å². The molecule has 6 aromatic carbocycles. The van der Waals surface area contributed by atoms with E-state index in [9.17, 15) is 0 Å². The van der Waals surface area contributed by atoms with Crippen molar-refractivity contribution in [3.63, 3.8) is 0 Å². The molecule has 0 amide bonds. The van der Waals surface area contributed by atoms with Crippen molar-refractivity contribution in [2.75, 3.05) is 0 Å². The highest BCUT2D eigenvalue weighted by molar-refractivity contribution is 8.08. The van der Waals surface area contributed by atoms with Crippen molar-refractivity contribution in [3.05, 3.63) is 175 Å². The summed E-state index contributed by atoms with van der Waals surface area (Å²) in [5.41, 5.74) is 1.17. The van der Waals surface area contributed by atoms with E-state index in [0.717, 1.165) is 4.90 Å². The van der Waals surface area contributed by atoms with Crippen LogP contribution in [0.2, 0.25) is 0 Å². The van der Waals surface area contributed by atoms with E-state index >= 15 is 4.21 Å². The molecule has 0 aliphatic heterocycles. The molecule has 0 bridgehead atoms. The van der Waals surface area contributed by atoms with Gasteiger partial charge in [-0.3, -0.25) is 4.21 Å². The summed E-state index contributed by atoms with van der Waals surface area (Å²) < 4.78 is 15.2. The molecule has 0 N–H and O–H groups in total. The Kier molecular flexibility index (Phi) is 9.87. The largest absolute Gasteiger partial charge is 0.250 e. The van der Waals surface area contributed by atoms with E-state index in [0.29, 0.717) is 0 Å². The fourth-order valence-electron chi connectivity index (χ4n) is 6.37. The van der Waals surface area contributed by atoms with Crippen molar-refractivity contribution in [1.82, 2.24) is 0 Å². The molecule has 4 heteroatoms. The van der Waals surface area contributed by atoms with Crippen LogP contribution in [0.3, 0.4) is 0 Å². The molecule has 0 spiro atoms. The van der Waals surface area contributed by atoms with Crippen LogP contribution in [0.15, 0.2) is 175 Å². The van der Waals surface area contributed by atoms with Crippen molar-refractivity contribution in [2.24, 2.45) is 5.92 Å². The minimum atomic E-state index is -2.57. The molecular weight excluding hydrogens is 602 g/mol. The van der Waals surface area contributed by atoms with Gasteiger partial charge in [0.05, 0.1) is 10.8 Å². The third kappa shape index (κ3) is 6.25. The van der Waals surface area contributed by atoms with Gasteiger partial charge < -0.3 is 0 Å². The Labute approximate surface area is 273 Å². The van der Waals surface area contributed by atoms with Crippen molar-refractivity contribution in [1.29, 1.82) is 0 Å². The molecule has 0 radical (unpaired) electrons. The summed E-state index contributed by atoms with van der Waals surface area (Å²) in [6.45, 7) is 6.61. The SMILES string of the molecule is Cc1ccc(S(=O)C(C(C)C)[P+](c2ccccc2)(c2ccccc2)c2ccccc2P(c2ccccc2)c2ccccc2)cc1. The lowest BCUT2D eigenvalue weighted by atomic mass is 10.2. The second-order valence-electron chi connectivity index (χ2n) is 11.6. The van der Waals surface area contributed by atoms with E-state index < -0.39 is 26.0 Å². The number of rotatable bonds is 10. The number of aryl methyl sites for hydroxylation is 1. The molecule has 1 nitrogen and oxygen atoms in total. The van der Waals surface area contributed by atoms with E-state index in [1.54, 1.807) is 0 Å². The van der Waals surface area contributed by atoms with Crippen LogP contribution >= 0.6 is 15.2 Å². The average molecular weight is 642 g/mol. The van der Waals surface area contributed by atoms with Gasteiger partial charge in [0.25, 0.3) is 0 Å². The summed E-state index contributed by atoms with van der Waals surface area (Å²) in [5, 5.41) is 7.80. The van der Waals surface area contributed by atoms with Crippen molar-refractivity contribution < 1.29 is 4.21 Å². The molecule has 0 saturated heterocycles. The van der Waals surface area contributed by atoms with E-state index in [2.05, 4.69) is 191 Å². The van der Waals surface area contributed by atoms with Gasteiger partial charge in [0.15, 0.2) is 4.99 Å². The molecule has 0 saturated carbocycles. The summed E-state index contributed by atoms with van der Waals surface area (Å²) in [7, 11) is -4.76. The second-order valence-corrected chi connectivity index (χ2v) is 19.3. The van der Waals surface area contributed by atoms with Gasteiger partial charge in [-0.2, -0.15) is 0 Å². The molecule has 0 aliphatic rings. The Morgan fingerprint density at radius 3 is 1.42 bits per heavy atom. The lowest BCUT2D eigenvalue weighted by Gasteiger charge is -2.38. The van der Waals surface area contributed by atoms with Crippen molar-refractivity contribution in [3.8, 4) is 0 Å². The predicted molar refractivity (Wildman–Crippen MR) is 200 cm³/mol. The first-order chi connectivity index (χ1) is 22.0. The molecule has 45 heavy (non-hydrogen) atoms. The van der Waals surface area contributed by atoms with E-state index in [1.807, 2.05) is 0 Å². The van der Waals surface area contributed by atoms with Gasteiger partial charge in [-0.05, 0) is 74.0 Å². The number of hydrogen-bond acceptors (Lipinski definition) is 1. The zero-order valence-corrected chi connectivity index (χ0v) is 28.6. The summed E-state index contributed by atoms with van der Waals surface area (Å²) in [6, 6.07) is 61.2. The fraction of sp³-hybridized carbons (Fsp3) is 0.122. The van der Waals surface area contributed by atoms with Gasteiger partial charge in [-0.25, -0.2) is 0 Å². The van der Waals surface area contributed by atoms with Crippen molar-refractivity contribution >= 4 is 57.8 Å². The Morgan fingerprint density at radius 1 is 0.533 bits per heavy atom. The predicted octanol–water partition coefficient (Wildman–Crippen LogP) is 7.84. The Bertz CT molecular complexity index is 1760. The van der Waals surface area contributed by atoms with Gasteiger partial charge in [0.1, 0.15) is 23.2 Å². The Morgan fingerprint density at radius 2 is 0.956 bits per heavy atom. The highest BCUT2D eigenvalue weighted by atomic mass is 32.2. The highest BCUT2D eigenvalue weighted by Crippen LogP contribution is 2.64. The molecular formula is C41H39OP2S+. The molecule has 224 valence electrons. The van der Waals surface area contributed by atoms with Crippen LogP contribution < -0.4 is 31.8 Å². The molecule has 0 aliphatic carbocycles. The Balaban J connectivity index is 1.74. The maximum Gasteiger partial charge on any atom is 0.164 e. The maximum atomic E-state index is 15.2. The zero-order valence-electron chi connectivity index (χ0n) is 26.0. The van der Waals surface area contributed by atoms with E-state index in [-0.39, 0.29) is 10.9 Å². The van der Waals surface area contributed by atoms with Gasteiger partial charge in [-0.1, -0.05) is 141 Å². The standard InChI is InChI=1S/C41H39OP2S/c1-32(2)41(45(42)38-30-28-33(3)29-31-38)44(36-22-12-6-13-23-36,37-24-14-7-15-25-37)40-27-17-16-26-39(40)43(34-18-8-4-9-19-34)35-20-10-5-11-21-35/h4-32,41H,1-3H3/q+1. The molecule has 0 heterocycles. The normalized spacial score (nSPS) is 13.1. The number of hydrogen-bond donors (Lipinski definition) is 0. The van der Waals surface area contributed by atoms with Gasteiger partial charge >= 0.3 is 0 Å². The lowest BCUT2D eigenvalue weighted by molar-refractivity contribution is 0.650. The van der Waals surface area contributed by atoms with Crippen LogP contribution in [0, 0.1) is 12.8 Å². The van der Waals surface area contributed by atoms with Crippen LogP contribution in [-0.4, -0.2) is 9.20 Å². The first-order valence-corrected chi connectivity index (χ1v) is 19.9. The lowest BCUT2D eigenvalue weighted by Crippen LogP contribution is -2.47. The fourth-order valence-corrected chi connectivity index (χ4v) is 17.9. The zero-order chi connectivity index (χ0) is 31.2. The first-order valence-electron chi connectivity index (χ1n) is 15.5. The summed E-state index contributed by atoms with van der Waals surface area (Å²) in [4.78, 5) is 0.732. The molecule has 0 aromatic heterocycles. The monoisotopic (exact) mass is 641 g/mol. The molecule has 2 unspecified atom stereocenters. The summed E-state index contributed by atoms with van der Waals surface area (Å²) in [6.07, 6.45) is 0. The van der Waals surface area contributed by atoms with Crippen LogP contribution in [0.5, 0.6) is 0 Å². The molecule has 6 aromatic rings. The highest BCUT2D eigenvalue weighted by Gasteiger charge is 2.58. The first kappa shape index (κ1) is 31.3. The Hall–Kier alpha value is -3.67.